The number of aromatic nitrogens is 4. The van der Waals surface area contributed by atoms with Gasteiger partial charge in [0.25, 0.3) is 5.91 Å². The molecule has 4 heterocycles. The number of nitrogens with one attached hydrogen (secondary N) is 1. The van der Waals surface area contributed by atoms with Gasteiger partial charge in [-0.2, -0.15) is 0 Å². The molecule has 1 aliphatic rings. The molecule has 1 aliphatic heterocycles. The van der Waals surface area contributed by atoms with Crippen molar-refractivity contribution >= 4 is 17.5 Å². The van der Waals surface area contributed by atoms with E-state index >= 15 is 0 Å². The monoisotopic (exact) mass is 367 g/mol. The number of aromatic amines is 1. The molecule has 8 heteroatoms. The molecule has 0 unspecified atom stereocenters. The van der Waals surface area contributed by atoms with Crippen molar-refractivity contribution in [3.8, 4) is 0 Å². The van der Waals surface area contributed by atoms with Gasteiger partial charge in [0.15, 0.2) is 11.5 Å². The van der Waals surface area contributed by atoms with E-state index < -0.39 is 5.97 Å². The molecule has 0 bridgehead atoms. The number of methoxy groups -OCH3 is 1. The minimum Gasteiger partial charge on any atom is -0.465 e. The zero-order chi connectivity index (χ0) is 19.1. The summed E-state index contributed by atoms with van der Waals surface area (Å²) in [7, 11) is 1.34. The first-order valence-corrected chi connectivity index (χ1v) is 8.91. The number of hydrogen-bond donors (Lipinski definition) is 1. The van der Waals surface area contributed by atoms with Crippen LogP contribution in [0.5, 0.6) is 0 Å². The summed E-state index contributed by atoms with van der Waals surface area (Å²) in [4.78, 5) is 30.2. The summed E-state index contributed by atoms with van der Waals surface area (Å²) in [5.41, 5.74) is 2.84. The molecule has 0 spiro atoms. The van der Waals surface area contributed by atoms with Crippen LogP contribution >= 0.6 is 0 Å². The molecular weight excluding hydrogens is 346 g/mol. The Balaban J connectivity index is 1.71. The van der Waals surface area contributed by atoms with Crippen molar-refractivity contribution < 1.29 is 14.3 Å². The smallest absolute Gasteiger partial charge is 0.339 e. The summed E-state index contributed by atoms with van der Waals surface area (Å²) in [6.07, 6.45) is 3.62. The molecule has 8 nitrogen and oxygen atoms in total. The van der Waals surface area contributed by atoms with E-state index in [1.54, 1.807) is 13.8 Å². The van der Waals surface area contributed by atoms with E-state index in [0.717, 1.165) is 24.3 Å². The van der Waals surface area contributed by atoms with E-state index in [4.69, 9.17) is 4.74 Å². The Morgan fingerprint density at radius 2 is 2.07 bits per heavy atom. The standard InChI is InChI=1S/C19H21N5O3/c1-11-15(19(26)27-3)12(2)20-16(11)18(25)23-10-6-7-13(23)17-22-21-14-8-4-5-9-24(14)17/h4-5,8-9,13,20H,6-7,10H2,1-3H3/t13-/m1/s1. The number of fused-ring (bicyclic) bond motifs is 1. The molecule has 1 amide bonds. The van der Waals surface area contributed by atoms with Crippen molar-refractivity contribution in [1.29, 1.82) is 0 Å². The summed E-state index contributed by atoms with van der Waals surface area (Å²) in [6.45, 7) is 4.17. The Morgan fingerprint density at radius 3 is 2.85 bits per heavy atom. The van der Waals surface area contributed by atoms with E-state index in [2.05, 4.69) is 15.2 Å². The first-order chi connectivity index (χ1) is 13.0. The number of ether oxygens (including phenoxy) is 1. The Labute approximate surface area is 156 Å². The predicted molar refractivity (Wildman–Crippen MR) is 97.6 cm³/mol. The average Bonchev–Trinajstić information content (AvgIpc) is 3.37. The van der Waals surface area contributed by atoms with Crippen LogP contribution < -0.4 is 0 Å². The maximum atomic E-state index is 13.3. The zero-order valence-corrected chi connectivity index (χ0v) is 15.5. The number of H-pyrrole nitrogens is 1. The molecule has 140 valence electrons. The van der Waals surface area contributed by atoms with E-state index in [0.29, 0.717) is 29.1 Å². The number of carbonyl (C=O) groups excluding carboxylic acids is 2. The van der Waals surface area contributed by atoms with E-state index in [-0.39, 0.29) is 11.9 Å². The van der Waals surface area contributed by atoms with Gasteiger partial charge in [0.05, 0.1) is 18.7 Å². The lowest BCUT2D eigenvalue weighted by atomic mass is 10.1. The highest BCUT2D eigenvalue weighted by molar-refractivity contribution is 6.00. The van der Waals surface area contributed by atoms with Crippen LogP contribution in [-0.4, -0.2) is 50.0 Å². The second kappa shape index (κ2) is 6.53. The van der Waals surface area contributed by atoms with Crippen LogP contribution in [0.3, 0.4) is 0 Å². The van der Waals surface area contributed by atoms with Crippen molar-refractivity contribution in [2.45, 2.75) is 32.7 Å². The van der Waals surface area contributed by atoms with Crippen LogP contribution in [-0.2, 0) is 4.74 Å². The van der Waals surface area contributed by atoms with Crippen molar-refractivity contribution in [3.05, 3.63) is 52.7 Å². The van der Waals surface area contributed by atoms with Crippen molar-refractivity contribution in [1.82, 2.24) is 24.5 Å². The normalized spacial score (nSPS) is 16.9. The SMILES string of the molecule is COC(=O)c1c(C)[nH]c(C(=O)N2CCC[C@@H]2c2nnc3ccccn23)c1C. The summed E-state index contributed by atoms with van der Waals surface area (Å²) in [5, 5.41) is 8.53. The number of esters is 1. The highest BCUT2D eigenvalue weighted by Gasteiger charge is 2.36. The van der Waals surface area contributed by atoms with Gasteiger partial charge in [0.1, 0.15) is 5.69 Å². The molecule has 0 aromatic carbocycles. The summed E-state index contributed by atoms with van der Waals surface area (Å²) in [6, 6.07) is 5.56. The van der Waals surface area contributed by atoms with E-state index in [9.17, 15) is 9.59 Å². The first kappa shape index (κ1) is 17.3. The molecule has 1 saturated heterocycles. The largest absolute Gasteiger partial charge is 0.465 e. The van der Waals surface area contributed by atoms with Gasteiger partial charge in [-0.15, -0.1) is 10.2 Å². The van der Waals surface area contributed by atoms with Crippen LogP contribution in [0, 0.1) is 13.8 Å². The Bertz CT molecular complexity index is 1040. The second-order valence-corrected chi connectivity index (χ2v) is 6.76. The maximum Gasteiger partial charge on any atom is 0.339 e. The van der Waals surface area contributed by atoms with Gasteiger partial charge in [0.2, 0.25) is 0 Å². The minimum absolute atomic E-state index is 0.138. The fourth-order valence-electron chi connectivity index (χ4n) is 3.88. The summed E-state index contributed by atoms with van der Waals surface area (Å²) >= 11 is 0. The number of carbonyl (C=O) groups is 2. The molecule has 0 saturated carbocycles. The molecule has 1 N–H and O–H groups in total. The van der Waals surface area contributed by atoms with Gasteiger partial charge in [-0.25, -0.2) is 4.79 Å². The Kier molecular flexibility index (Phi) is 4.18. The topological polar surface area (TPSA) is 92.6 Å². The van der Waals surface area contributed by atoms with Crippen LogP contribution in [0.2, 0.25) is 0 Å². The molecule has 0 aliphatic carbocycles. The van der Waals surface area contributed by atoms with Gasteiger partial charge in [0, 0.05) is 18.4 Å². The van der Waals surface area contributed by atoms with Gasteiger partial charge >= 0.3 is 5.97 Å². The third-order valence-electron chi connectivity index (χ3n) is 5.19. The predicted octanol–water partition coefficient (Wildman–Crippen LogP) is 2.44. The lowest BCUT2D eigenvalue weighted by molar-refractivity contribution is 0.0599. The number of pyridine rings is 1. The molecule has 27 heavy (non-hydrogen) atoms. The molecular formula is C19H21N5O3. The molecule has 4 rings (SSSR count). The second-order valence-electron chi connectivity index (χ2n) is 6.76. The molecule has 3 aromatic rings. The molecule has 0 radical (unpaired) electrons. The third kappa shape index (κ3) is 2.68. The van der Waals surface area contributed by atoms with Crippen LogP contribution in [0.25, 0.3) is 5.65 Å². The summed E-state index contributed by atoms with van der Waals surface area (Å²) in [5.74, 6) is 0.174. The lowest BCUT2D eigenvalue weighted by Crippen LogP contribution is -2.32. The fraction of sp³-hybridized carbons (Fsp3) is 0.368. The quantitative estimate of drug-likeness (QED) is 0.718. The van der Waals surface area contributed by atoms with Crippen molar-refractivity contribution in [2.75, 3.05) is 13.7 Å². The highest BCUT2D eigenvalue weighted by Crippen LogP contribution is 2.33. The van der Waals surface area contributed by atoms with Gasteiger partial charge in [-0.1, -0.05) is 6.07 Å². The Morgan fingerprint density at radius 1 is 1.26 bits per heavy atom. The van der Waals surface area contributed by atoms with Gasteiger partial charge in [-0.3, -0.25) is 9.20 Å². The first-order valence-electron chi connectivity index (χ1n) is 8.91. The minimum atomic E-state index is -0.443. The number of likely N-dealkylation sites (tertiary alicyclic amines) is 1. The van der Waals surface area contributed by atoms with Crippen LogP contribution in [0.4, 0.5) is 0 Å². The number of aryl methyl sites for hydroxylation is 1. The summed E-state index contributed by atoms with van der Waals surface area (Å²) < 4.78 is 6.76. The average molecular weight is 367 g/mol. The number of amides is 1. The van der Waals surface area contributed by atoms with E-state index in [1.807, 2.05) is 33.7 Å². The van der Waals surface area contributed by atoms with Gasteiger partial charge < -0.3 is 14.6 Å². The Hall–Kier alpha value is -3.16. The zero-order valence-electron chi connectivity index (χ0n) is 15.5. The number of rotatable bonds is 3. The maximum absolute atomic E-state index is 13.3. The van der Waals surface area contributed by atoms with Gasteiger partial charge in [-0.05, 0) is 44.4 Å². The van der Waals surface area contributed by atoms with Crippen LogP contribution in [0.15, 0.2) is 24.4 Å². The molecule has 1 atom stereocenters. The van der Waals surface area contributed by atoms with Crippen LogP contribution in [0.1, 0.15) is 56.8 Å². The highest BCUT2D eigenvalue weighted by atomic mass is 16.5. The fourth-order valence-corrected chi connectivity index (χ4v) is 3.88. The molecule has 1 fully saturated rings. The molecule has 3 aromatic heterocycles. The van der Waals surface area contributed by atoms with Crippen molar-refractivity contribution in [3.63, 3.8) is 0 Å². The number of nitrogens with zero attached hydrogens (tertiary/aromatic N) is 4. The van der Waals surface area contributed by atoms with E-state index in [1.165, 1.54) is 7.11 Å². The lowest BCUT2D eigenvalue weighted by Gasteiger charge is -2.23. The number of hydrogen-bond acceptors (Lipinski definition) is 5. The third-order valence-corrected chi connectivity index (χ3v) is 5.19. The van der Waals surface area contributed by atoms with Crippen molar-refractivity contribution in [2.24, 2.45) is 0 Å².